The summed E-state index contributed by atoms with van der Waals surface area (Å²) in [5.41, 5.74) is 0.663. The minimum Gasteiger partial charge on any atom is -0.448 e. The number of ether oxygens (including phenoxy) is 2. The van der Waals surface area contributed by atoms with Crippen molar-refractivity contribution in [3.8, 4) is 11.5 Å². The molecule has 1 saturated carbocycles. The van der Waals surface area contributed by atoms with Crippen LogP contribution in [0.4, 0.5) is 17.6 Å². The molecule has 0 saturated heterocycles. The Morgan fingerprint density at radius 1 is 1.09 bits per heavy atom. The van der Waals surface area contributed by atoms with Crippen LogP contribution in [0.25, 0.3) is 5.78 Å². The minimum atomic E-state index is -0.519. The van der Waals surface area contributed by atoms with Gasteiger partial charge in [0.15, 0.2) is 16.7 Å². The fourth-order valence-corrected chi connectivity index (χ4v) is 4.74. The number of nitrogens with zero attached hydrogens (tertiary/aromatic N) is 5. The van der Waals surface area contributed by atoms with Gasteiger partial charge in [0.25, 0.3) is 11.6 Å². The molecule has 11 nitrogen and oxygen atoms in total. The average Bonchev–Trinajstić information content (AvgIpc) is 3.51. The maximum Gasteiger partial charge on any atom is 0.261 e. The Hall–Kier alpha value is -3.28. The topological polar surface area (TPSA) is 128 Å². The van der Waals surface area contributed by atoms with Gasteiger partial charge in [-0.3, -0.25) is 4.79 Å². The third kappa shape index (κ3) is 4.34. The molecule has 1 aliphatic heterocycles. The number of nitrogens with one attached hydrogen (secondary N) is 3. The zero-order valence-corrected chi connectivity index (χ0v) is 19.4. The summed E-state index contributed by atoms with van der Waals surface area (Å²) in [5, 5.41) is 18.1. The van der Waals surface area contributed by atoms with Crippen LogP contribution in [-0.4, -0.2) is 55.1 Å². The van der Waals surface area contributed by atoms with Crippen LogP contribution in [0.3, 0.4) is 0 Å². The average molecular weight is 471 g/mol. The number of thioether (sulfide) groups is 1. The first kappa shape index (κ1) is 21.6. The summed E-state index contributed by atoms with van der Waals surface area (Å²) >= 11 is 1.26. The van der Waals surface area contributed by atoms with Crippen molar-refractivity contribution in [1.82, 2.24) is 24.6 Å². The summed E-state index contributed by atoms with van der Waals surface area (Å²) in [5.74, 6) is 2.33. The minimum absolute atomic E-state index is 0.152. The smallest absolute Gasteiger partial charge is 0.261 e. The Morgan fingerprint density at radius 3 is 2.67 bits per heavy atom. The van der Waals surface area contributed by atoms with Gasteiger partial charge in [0.2, 0.25) is 17.8 Å². The van der Waals surface area contributed by atoms with Crippen molar-refractivity contribution >= 4 is 41.0 Å². The Bertz CT molecular complexity index is 1180. The molecule has 3 N–H and O–H groups in total. The van der Waals surface area contributed by atoms with Crippen molar-refractivity contribution in [2.45, 2.75) is 50.5 Å². The molecule has 12 heteroatoms. The SMILES string of the molecule is CCNc1nc(NCC)n2c(SCC(=O)Nc3ccc4c(c3)OC3(CCCC3)O4)nnc2n1. The van der Waals surface area contributed by atoms with Crippen LogP contribution >= 0.6 is 11.8 Å². The molecule has 3 heterocycles. The predicted octanol–water partition coefficient (Wildman–Crippen LogP) is 3.16. The van der Waals surface area contributed by atoms with Crippen LogP contribution in [0.5, 0.6) is 11.5 Å². The van der Waals surface area contributed by atoms with E-state index in [1.807, 2.05) is 32.0 Å². The molecule has 1 fully saturated rings. The number of amides is 1. The quantitative estimate of drug-likeness (QED) is 0.422. The fraction of sp³-hybridized carbons (Fsp3) is 0.476. The van der Waals surface area contributed by atoms with Crippen LogP contribution < -0.4 is 25.4 Å². The van der Waals surface area contributed by atoms with Gasteiger partial charge in [-0.1, -0.05) is 11.8 Å². The van der Waals surface area contributed by atoms with Gasteiger partial charge >= 0.3 is 0 Å². The molecule has 1 spiro atoms. The van der Waals surface area contributed by atoms with Crippen LogP contribution in [0.15, 0.2) is 23.4 Å². The fourth-order valence-electron chi connectivity index (χ4n) is 4.01. The molecule has 1 aliphatic carbocycles. The summed E-state index contributed by atoms with van der Waals surface area (Å²) in [6.07, 6.45) is 3.98. The maximum absolute atomic E-state index is 12.6. The highest BCUT2D eigenvalue weighted by atomic mass is 32.2. The third-order valence-corrected chi connectivity index (χ3v) is 6.36. The van der Waals surface area contributed by atoms with E-state index in [1.54, 1.807) is 4.40 Å². The second kappa shape index (κ2) is 8.93. The standard InChI is InChI=1S/C21H26N8O3S/c1-3-22-17-25-18(23-4-2)29-19(26-17)27-28-20(29)33-12-16(30)24-13-7-8-14-15(11-13)32-21(31-14)9-5-6-10-21/h7-8,11H,3-6,9-10,12H2,1-2H3,(H,24,30)(H2,22,23,25,26,27). The molecule has 0 bridgehead atoms. The molecular formula is C21H26N8O3S. The van der Waals surface area contributed by atoms with Crippen molar-refractivity contribution in [1.29, 1.82) is 0 Å². The first-order chi connectivity index (χ1) is 16.1. The predicted molar refractivity (Wildman–Crippen MR) is 125 cm³/mol. The number of carbonyl (C=O) groups is 1. The van der Waals surface area contributed by atoms with E-state index < -0.39 is 5.79 Å². The second-order valence-electron chi connectivity index (χ2n) is 7.87. The number of fused-ring (bicyclic) bond motifs is 2. The van der Waals surface area contributed by atoms with Crippen LogP contribution in [0.1, 0.15) is 39.5 Å². The van der Waals surface area contributed by atoms with Crippen LogP contribution in [0.2, 0.25) is 0 Å². The van der Waals surface area contributed by atoms with E-state index in [-0.39, 0.29) is 11.7 Å². The van der Waals surface area contributed by atoms with E-state index in [1.165, 1.54) is 11.8 Å². The molecule has 2 aliphatic rings. The molecular weight excluding hydrogens is 444 g/mol. The number of rotatable bonds is 8. The Balaban J connectivity index is 1.25. The van der Waals surface area contributed by atoms with Crippen molar-refractivity contribution in [2.24, 2.45) is 0 Å². The molecule has 2 aromatic heterocycles. The maximum atomic E-state index is 12.6. The van der Waals surface area contributed by atoms with Crippen LogP contribution in [-0.2, 0) is 4.79 Å². The molecule has 5 rings (SSSR count). The largest absolute Gasteiger partial charge is 0.448 e. The summed E-state index contributed by atoms with van der Waals surface area (Å²) in [6.45, 7) is 5.31. The zero-order chi connectivity index (χ0) is 22.8. The van der Waals surface area contributed by atoms with Crippen molar-refractivity contribution in [2.75, 3.05) is 34.8 Å². The normalized spacial score (nSPS) is 15.8. The van der Waals surface area contributed by atoms with Gasteiger partial charge in [0.1, 0.15) is 0 Å². The summed E-state index contributed by atoms with van der Waals surface area (Å²) < 4.78 is 13.8. The number of carbonyl (C=O) groups excluding carboxylic acids is 1. The number of anilines is 3. The highest BCUT2D eigenvalue weighted by molar-refractivity contribution is 7.99. The van der Waals surface area contributed by atoms with Gasteiger partial charge in [-0.2, -0.15) is 9.97 Å². The van der Waals surface area contributed by atoms with Crippen molar-refractivity contribution < 1.29 is 14.3 Å². The van der Waals surface area contributed by atoms with Gasteiger partial charge in [0, 0.05) is 37.7 Å². The summed E-state index contributed by atoms with van der Waals surface area (Å²) in [4.78, 5) is 21.5. The Labute approximate surface area is 195 Å². The lowest BCUT2D eigenvalue weighted by atomic mass is 10.2. The van der Waals surface area contributed by atoms with Crippen molar-refractivity contribution in [3.05, 3.63) is 18.2 Å². The lowest BCUT2D eigenvalue weighted by Gasteiger charge is -2.21. The number of aromatic nitrogens is 5. The highest BCUT2D eigenvalue weighted by Crippen LogP contribution is 2.47. The lowest BCUT2D eigenvalue weighted by molar-refractivity contribution is -0.113. The summed E-state index contributed by atoms with van der Waals surface area (Å²) in [7, 11) is 0. The highest BCUT2D eigenvalue weighted by Gasteiger charge is 2.44. The molecule has 174 valence electrons. The molecule has 1 aromatic carbocycles. The van der Waals surface area contributed by atoms with E-state index in [4.69, 9.17) is 9.47 Å². The molecule has 0 atom stereocenters. The molecule has 33 heavy (non-hydrogen) atoms. The Morgan fingerprint density at radius 2 is 1.88 bits per heavy atom. The van der Waals surface area contributed by atoms with Crippen molar-refractivity contribution in [3.63, 3.8) is 0 Å². The lowest BCUT2D eigenvalue weighted by Crippen LogP contribution is -2.34. The molecule has 3 aromatic rings. The van der Waals surface area contributed by atoms with E-state index in [0.29, 0.717) is 47.4 Å². The summed E-state index contributed by atoms with van der Waals surface area (Å²) in [6, 6.07) is 5.49. The number of hydrogen-bond acceptors (Lipinski definition) is 10. The first-order valence-electron chi connectivity index (χ1n) is 11.1. The second-order valence-corrected chi connectivity index (χ2v) is 8.81. The monoisotopic (exact) mass is 470 g/mol. The number of hydrogen-bond donors (Lipinski definition) is 3. The third-order valence-electron chi connectivity index (χ3n) is 5.43. The van der Waals surface area contributed by atoms with Gasteiger partial charge in [-0.05, 0) is 38.8 Å². The van der Waals surface area contributed by atoms with E-state index in [0.717, 1.165) is 31.4 Å². The van der Waals surface area contributed by atoms with Gasteiger partial charge in [0.05, 0.1) is 5.75 Å². The van der Waals surface area contributed by atoms with Gasteiger partial charge < -0.3 is 25.4 Å². The van der Waals surface area contributed by atoms with E-state index in [9.17, 15) is 4.79 Å². The molecule has 1 amide bonds. The van der Waals surface area contributed by atoms with Gasteiger partial charge in [-0.25, -0.2) is 4.40 Å². The van der Waals surface area contributed by atoms with E-state index >= 15 is 0 Å². The van der Waals surface area contributed by atoms with Gasteiger partial charge in [-0.15, -0.1) is 10.2 Å². The number of benzene rings is 1. The zero-order valence-electron chi connectivity index (χ0n) is 18.6. The molecule has 0 radical (unpaired) electrons. The molecule has 0 unspecified atom stereocenters. The Kier molecular flexibility index (Phi) is 5.83. The van der Waals surface area contributed by atoms with Crippen LogP contribution in [0, 0.1) is 0 Å². The first-order valence-corrected chi connectivity index (χ1v) is 12.1. The van der Waals surface area contributed by atoms with E-state index in [2.05, 4.69) is 36.1 Å².